The second-order valence-electron chi connectivity index (χ2n) is 5.11. The highest BCUT2D eigenvalue weighted by Crippen LogP contribution is 2.30. The maximum absolute atomic E-state index is 14.1. The van der Waals surface area contributed by atoms with Gasteiger partial charge in [0, 0.05) is 40.0 Å². The molecule has 1 aromatic heterocycles. The van der Waals surface area contributed by atoms with E-state index in [-0.39, 0.29) is 10.8 Å². The predicted octanol–water partition coefficient (Wildman–Crippen LogP) is 5.99. The molecule has 1 heterocycles. The Labute approximate surface area is 157 Å². The van der Waals surface area contributed by atoms with Crippen molar-refractivity contribution >= 4 is 40.6 Å². The van der Waals surface area contributed by atoms with Gasteiger partial charge in [0.1, 0.15) is 17.5 Å². The number of nitrogens with zero attached hydrogens (tertiary/aromatic N) is 2. The molecule has 2 aromatic carbocycles. The number of benzene rings is 2. The molecule has 25 heavy (non-hydrogen) atoms. The minimum absolute atomic E-state index is 0.00373. The van der Waals surface area contributed by atoms with Crippen LogP contribution in [0, 0.1) is 11.6 Å². The average molecular weight is 401 g/mol. The molecular formula is C17H10Cl3F2N3. The third kappa shape index (κ3) is 4.18. The molecule has 0 amide bonds. The monoisotopic (exact) mass is 399 g/mol. The quantitative estimate of drug-likeness (QED) is 0.546. The first-order chi connectivity index (χ1) is 11.9. The lowest BCUT2D eigenvalue weighted by molar-refractivity contribution is 0.585. The Balaban J connectivity index is 1.94. The first kappa shape index (κ1) is 17.9. The third-order valence-electron chi connectivity index (χ3n) is 3.44. The Morgan fingerprint density at radius 1 is 0.960 bits per heavy atom. The van der Waals surface area contributed by atoms with Crippen LogP contribution in [0.2, 0.25) is 15.3 Å². The lowest BCUT2D eigenvalue weighted by atomic mass is 10.1. The van der Waals surface area contributed by atoms with E-state index < -0.39 is 11.6 Å². The minimum Gasteiger partial charge on any atom is -0.365 e. The van der Waals surface area contributed by atoms with Gasteiger partial charge in [-0.2, -0.15) is 0 Å². The van der Waals surface area contributed by atoms with Crippen molar-refractivity contribution in [1.29, 1.82) is 0 Å². The molecule has 0 aliphatic rings. The normalized spacial score (nSPS) is 10.8. The number of hydrogen-bond acceptors (Lipinski definition) is 3. The number of hydrogen-bond donors (Lipinski definition) is 1. The van der Waals surface area contributed by atoms with E-state index >= 15 is 0 Å². The summed E-state index contributed by atoms with van der Waals surface area (Å²) in [5.41, 5.74) is 1.28. The lowest BCUT2D eigenvalue weighted by Gasteiger charge is -2.13. The van der Waals surface area contributed by atoms with Crippen LogP contribution in [0.3, 0.4) is 0 Å². The van der Waals surface area contributed by atoms with Crippen molar-refractivity contribution in [1.82, 2.24) is 9.97 Å². The smallest absolute Gasteiger partial charge is 0.224 e. The van der Waals surface area contributed by atoms with Gasteiger partial charge in [-0.25, -0.2) is 18.7 Å². The standard InChI is InChI=1S/C17H10Cl3F2N3/c18-10-2-1-9(14(19)5-10)7-23-16-13(8-24-17(20)25-16)12-4-3-11(21)6-15(12)22/h1-6,8H,7H2,(H,23,24,25). The Kier molecular flexibility index (Phi) is 5.37. The molecule has 0 bridgehead atoms. The molecular weight excluding hydrogens is 391 g/mol. The van der Waals surface area contributed by atoms with E-state index in [2.05, 4.69) is 15.3 Å². The van der Waals surface area contributed by atoms with E-state index in [1.807, 2.05) is 0 Å². The number of halogens is 5. The van der Waals surface area contributed by atoms with Crippen molar-refractivity contribution in [2.75, 3.05) is 5.32 Å². The summed E-state index contributed by atoms with van der Waals surface area (Å²) < 4.78 is 27.2. The Morgan fingerprint density at radius 2 is 1.76 bits per heavy atom. The summed E-state index contributed by atoms with van der Waals surface area (Å²) >= 11 is 17.9. The fourth-order valence-electron chi connectivity index (χ4n) is 2.24. The van der Waals surface area contributed by atoms with Gasteiger partial charge in [-0.05, 0) is 41.4 Å². The number of anilines is 1. The van der Waals surface area contributed by atoms with Crippen molar-refractivity contribution in [2.45, 2.75) is 6.54 Å². The first-order valence-corrected chi connectivity index (χ1v) is 8.23. The van der Waals surface area contributed by atoms with Gasteiger partial charge >= 0.3 is 0 Å². The van der Waals surface area contributed by atoms with Crippen molar-refractivity contribution in [3.05, 3.63) is 75.1 Å². The Morgan fingerprint density at radius 3 is 2.48 bits per heavy atom. The van der Waals surface area contributed by atoms with Gasteiger partial charge in [0.2, 0.25) is 5.28 Å². The van der Waals surface area contributed by atoms with Crippen LogP contribution in [0.5, 0.6) is 0 Å². The number of rotatable bonds is 4. The lowest BCUT2D eigenvalue weighted by Crippen LogP contribution is -2.05. The number of nitrogens with one attached hydrogen (secondary N) is 1. The van der Waals surface area contributed by atoms with Gasteiger partial charge in [-0.15, -0.1) is 0 Å². The van der Waals surface area contributed by atoms with Gasteiger partial charge in [-0.3, -0.25) is 0 Å². The van der Waals surface area contributed by atoms with Crippen LogP contribution >= 0.6 is 34.8 Å². The molecule has 0 atom stereocenters. The van der Waals surface area contributed by atoms with Gasteiger partial charge in [0.05, 0.1) is 0 Å². The zero-order chi connectivity index (χ0) is 18.0. The highest BCUT2D eigenvalue weighted by Gasteiger charge is 2.14. The van der Waals surface area contributed by atoms with Gasteiger partial charge in [0.25, 0.3) is 0 Å². The van der Waals surface area contributed by atoms with Crippen molar-refractivity contribution in [3.63, 3.8) is 0 Å². The predicted molar refractivity (Wildman–Crippen MR) is 96.2 cm³/mol. The number of aromatic nitrogens is 2. The molecule has 1 N–H and O–H groups in total. The molecule has 3 nitrogen and oxygen atoms in total. The molecule has 3 rings (SSSR count). The van der Waals surface area contributed by atoms with Crippen LogP contribution in [-0.4, -0.2) is 9.97 Å². The molecule has 0 radical (unpaired) electrons. The SMILES string of the molecule is Fc1ccc(-c2cnc(Cl)nc2NCc2ccc(Cl)cc2Cl)c(F)c1. The topological polar surface area (TPSA) is 37.8 Å². The molecule has 0 saturated carbocycles. The van der Waals surface area contributed by atoms with Crippen LogP contribution in [0.1, 0.15) is 5.56 Å². The summed E-state index contributed by atoms with van der Waals surface area (Å²) in [6.07, 6.45) is 1.37. The molecule has 0 saturated heterocycles. The maximum Gasteiger partial charge on any atom is 0.224 e. The largest absolute Gasteiger partial charge is 0.365 e. The van der Waals surface area contributed by atoms with E-state index in [4.69, 9.17) is 34.8 Å². The molecule has 0 aliphatic carbocycles. The molecule has 0 fully saturated rings. The van der Waals surface area contributed by atoms with E-state index in [0.29, 0.717) is 28.0 Å². The Bertz CT molecular complexity index is 935. The Hall–Kier alpha value is -1.95. The molecule has 3 aromatic rings. The fraction of sp³-hybridized carbons (Fsp3) is 0.0588. The van der Waals surface area contributed by atoms with Crippen LogP contribution in [-0.2, 0) is 6.54 Å². The summed E-state index contributed by atoms with van der Waals surface area (Å²) in [7, 11) is 0. The van der Waals surface area contributed by atoms with Crippen LogP contribution < -0.4 is 5.32 Å². The van der Waals surface area contributed by atoms with Crippen LogP contribution in [0.15, 0.2) is 42.6 Å². The van der Waals surface area contributed by atoms with Crippen molar-refractivity contribution in [3.8, 4) is 11.1 Å². The van der Waals surface area contributed by atoms with Crippen LogP contribution in [0.25, 0.3) is 11.1 Å². The summed E-state index contributed by atoms with van der Waals surface area (Å²) in [4.78, 5) is 7.96. The van der Waals surface area contributed by atoms with Gasteiger partial charge in [-0.1, -0.05) is 29.3 Å². The van der Waals surface area contributed by atoms with Crippen molar-refractivity contribution < 1.29 is 8.78 Å². The highest BCUT2D eigenvalue weighted by molar-refractivity contribution is 6.35. The molecule has 0 unspecified atom stereocenters. The first-order valence-electron chi connectivity index (χ1n) is 7.10. The van der Waals surface area contributed by atoms with E-state index in [9.17, 15) is 8.78 Å². The third-order valence-corrected chi connectivity index (χ3v) is 4.21. The van der Waals surface area contributed by atoms with E-state index in [1.165, 1.54) is 12.3 Å². The average Bonchev–Trinajstić information content (AvgIpc) is 2.55. The highest BCUT2D eigenvalue weighted by atomic mass is 35.5. The minimum atomic E-state index is -0.724. The molecule has 128 valence electrons. The van der Waals surface area contributed by atoms with Gasteiger partial charge < -0.3 is 5.32 Å². The molecule has 0 spiro atoms. The van der Waals surface area contributed by atoms with Gasteiger partial charge in [0.15, 0.2) is 0 Å². The zero-order valence-corrected chi connectivity index (χ0v) is 14.8. The van der Waals surface area contributed by atoms with E-state index in [1.54, 1.807) is 18.2 Å². The van der Waals surface area contributed by atoms with Crippen molar-refractivity contribution in [2.24, 2.45) is 0 Å². The van der Waals surface area contributed by atoms with E-state index in [0.717, 1.165) is 17.7 Å². The summed E-state index contributed by atoms with van der Waals surface area (Å²) in [6, 6.07) is 8.36. The van der Waals surface area contributed by atoms with Crippen LogP contribution in [0.4, 0.5) is 14.6 Å². The molecule has 0 aliphatic heterocycles. The second kappa shape index (κ2) is 7.52. The zero-order valence-electron chi connectivity index (χ0n) is 12.5. The summed E-state index contributed by atoms with van der Waals surface area (Å²) in [6.45, 7) is 0.305. The second-order valence-corrected chi connectivity index (χ2v) is 6.30. The fourth-order valence-corrected chi connectivity index (χ4v) is 2.85. The maximum atomic E-state index is 14.1. The summed E-state index contributed by atoms with van der Waals surface area (Å²) in [5.74, 6) is -1.09. The molecule has 8 heteroatoms. The summed E-state index contributed by atoms with van der Waals surface area (Å²) in [5, 5.41) is 4.05.